The van der Waals surface area contributed by atoms with Crippen LogP contribution in [0.15, 0.2) is 35.4 Å². The zero-order valence-corrected chi connectivity index (χ0v) is 10.0. The zero-order chi connectivity index (χ0) is 11.5. The van der Waals surface area contributed by atoms with Crippen LogP contribution in [0.25, 0.3) is 0 Å². The minimum atomic E-state index is 0.352. The van der Waals surface area contributed by atoms with E-state index in [0.29, 0.717) is 5.78 Å². The quantitative estimate of drug-likeness (QED) is 0.735. The molecule has 1 aliphatic rings. The van der Waals surface area contributed by atoms with E-state index in [-0.39, 0.29) is 0 Å². The van der Waals surface area contributed by atoms with Crippen molar-refractivity contribution in [2.45, 2.75) is 39.5 Å². The molecule has 16 heavy (non-hydrogen) atoms. The number of carbonyl (C=O) groups excluding carboxylic acids is 1. The SMILES string of the molecule is CC1=C(Cc2cccc(C)c2)C(=O)CCC1. The van der Waals surface area contributed by atoms with Gasteiger partial charge in [0.05, 0.1) is 0 Å². The molecule has 84 valence electrons. The van der Waals surface area contributed by atoms with E-state index in [1.165, 1.54) is 16.7 Å². The van der Waals surface area contributed by atoms with Crippen LogP contribution in [0, 0.1) is 6.92 Å². The Labute approximate surface area is 97.2 Å². The van der Waals surface area contributed by atoms with Gasteiger partial charge in [0, 0.05) is 12.8 Å². The zero-order valence-electron chi connectivity index (χ0n) is 10.0. The second-order valence-electron chi connectivity index (χ2n) is 4.70. The van der Waals surface area contributed by atoms with Crippen LogP contribution in [-0.4, -0.2) is 5.78 Å². The molecule has 0 radical (unpaired) electrons. The molecule has 0 fully saturated rings. The highest BCUT2D eigenvalue weighted by molar-refractivity contribution is 5.97. The maximum atomic E-state index is 11.8. The van der Waals surface area contributed by atoms with E-state index in [9.17, 15) is 4.79 Å². The highest BCUT2D eigenvalue weighted by Crippen LogP contribution is 2.24. The number of hydrogen-bond acceptors (Lipinski definition) is 1. The van der Waals surface area contributed by atoms with Crippen molar-refractivity contribution in [2.24, 2.45) is 0 Å². The summed E-state index contributed by atoms with van der Waals surface area (Å²) in [5, 5.41) is 0. The van der Waals surface area contributed by atoms with E-state index >= 15 is 0 Å². The monoisotopic (exact) mass is 214 g/mol. The van der Waals surface area contributed by atoms with Crippen molar-refractivity contribution in [3.8, 4) is 0 Å². The van der Waals surface area contributed by atoms with Crippen LogP contribution >= 0.6 is 0 Å². The topological polar surface area (TPSA) is 17.1 Å². The Bertz CT molecular complexity index is 441. The van der Waals surface area contributed by atoms with Gasteiger partial charge in [0.1, 0.15) is 0 Å². The number of Topliss-reactive ketones (excluding diaryl/α,β-unsaturated/α-hetero) is 1. The Morgan fingerprint density at radius 2 is 2.00 bits per heavy atom. The van der Waals surface area contributed by atoms with E-state index < -0.39 is 0 Å². The standard InChI is InChI=1S/C15H18O/c1-11-5-3-7-13(9-11)10-14-12(2)6-4-8-15(14)16/h3,5,7,9H,4,6,8,10H2,1-2H3. The lowest BCUT2D eigenvalue weighted by molar-refractivity contribution is -0.116. The minimum absolute atomic E-state index is 0.352. The Morgan fingerprint density at radius 1 is 1.19 bits per heavy atom. The van der Waals surface area contributed by atoms with Gasteiger partial charge in [0.25, 0.3) is 0 Å². The molecule has 0 bridgehead atoms. The number of rotatable bonds is 2. The van der Waals surface area contributed by atoms with Crippen LogP contribution in [0.1, 0.15) is 37.3 Å². The first-order valence-electron chi connectivity index (χ1n) is 5.94. The van der Waals surface area contributed by atoms with Gasteiger partial charge < -0.3 is 0 Å². The molecular formula is C15H18O. The fraction of sp³-hybridized carbons (Fsp3) is 0.400. The van der Waals surface area contributed by atoms with Crippen molar-refractivity contribution in [1.29, 1.82) is 0 Å². The van der Waals surface area contributed by atoms with E-state index in [1.807, 2.05) is 0 Å². The number of carbonyl (C=O) groups is 1. The number of allylic oxidation sites excluding steroid dienone is 2. The Balaban J connectivity index is 2.23. The third-order valence-electron chi connectivity index (χ3n) is 3.27. The van der Waals surface area contributed by atoms with Gasteiger partial charge in [-0.05, 0) is 37.8 Å². The molecule has 0 N–H and O–H groups in total. The maximum absolute atomic E-state index is 11.8. The maximum Gasteiger partial charge on any atom is 0.159 e. The summed E-state index contributed by atoms with van der Waals surface area (Å²) in [7, 11) is 0. The van der Waals surface area contributed by atoms with Crippen LogP contribution in [0.3, 0.4) is 0 Å². The summed E-state index contributed by atoms with van der Waals surface area (Å²) in [5.74, 6) is 0.352. The lowest BCUT2D eigenvalue weighted by Crippen LogP contribution is -2.12. The van der Waals surface area contributed by atoms with Gasteiger partial charge >= 0.3 is 0 Å². The third kappa shape index (κ3) is 2.41. The summed E-state index contributed by atoms with van der Waals surface area (Å²) in [5.41, 5.74) is 4.86. The summed E-state index contributed by atoms with van der Waals surface area (Å²) in [6, 6.07) is 8.43. The van der Waals surface area contributed by atoms with Crippen molar-refractivity contribution < 1.29 is 4.79 Å². The summed E-state index contributed by atoms with van der Waals surface area (Å²) >= 11 is 0. The first kappa shape index (κ1) is 11.1. The summed E-state index contributed by atoms with van der Waals surface area (Å²) in [6.07, 6.45) is 3.67. The fourth-order valence-corrected chi connectivity index (χ4v) is 2.33. The molecule has 0 atom stereocenters. The predicted octanol–water partition coefficient (Wildman–Crippen LogP) is 3.61. The van der Waals surface area contributed by atoms with Gasteiger partial charge in [-0.1, -0.05) is 35.4 Å². The van der Waals surface area contributed by atoms with Crippen LogP contribution < -0.4 is 0 Å². The molecule has 1 nitrogen and oxygen atoms in total. The van der Waals surface area contributed by atoms with Gasteiger partial charge in [0.15, 0.2) is 5.78 Å². The Morgan fingerprint density at radius 3 is 2.69 bits per heavy atom. The minimum Gasteiger partial charge on any atom is -0.295 e. The van der Waals surface area contributed by atoms with Crippen molar-refractivity contribution in [1.82, 2.24) is 0 Å². The van der Waals surface area contributed by atoms with Gasteiger partial charge in [-0.15, -0.1) is 0 Å². The van der Waals surface area contributed by atoms with Crippen LogP contribution in [0.2, 0.25) is 0 Å². The summed E-state index contributed by atoms with van der Waals surface area (Å²) < 4.78 is 0. The highest BCUT2D eigenvalue weighted by Gasteiger charge is 2.17. The van der Waals surface area contributed by atoms with E-state index in [4.69, 9.17) is 0 Å². The third-order valence-corrected chi connectivity index (χ3v) is 3.27. The van der Waals surface area contributed by atoms with Gasteiger partial charge in [-0.25, -0.2) is 0 Å². The molecule has 0 heterocycles. The van der Waals surface area contributed by atoms with Crippen molar-refractivity contribution in [3.63, 3.8) is 0 Å². The first-order chi connectivity index (χ1) is 7.66. The second-order valence-corrected chi connectivity index (χ2v) is 4.70. The van der Waals surface area contributed by atoms with E-state index in [0.717, 1.165) is 31.3 Å². The molecule has 0 amide bonds. The van der Waals surface area contributed by atoms with Gasteiger partial charge in [-0.2, -0.15) is 0 Å². The molecule has 1 aliphatic carbocycles. The first-order valence-corrected chi connectivity index (χ1v) is 5.94. The summed E-state index contributed by atoms with van der Waals surface area (Å²) in [4.78, 5) is 11.8. The number of hydrogen-bond donors (Lipinski definition) is 0. The smallest absolute Gasteiger partial charge is 0.159 e. The lowest BCUT2D eigenvalue weighted by Gasteiger charge is -2.16. The fourth-order valence-electron chi connectivity index (χ4n) is 2.33. The van der Waals surface area contributed by atoms with Crippen molar-refractivity contribution in [3.05, 3.63) is 46.5 Å². The summed E-state index contributed by atoms with van der Waals surface area (Å²) in [6.45, 7) is 4.19. The lowest BCUT2D eigenvalue weighted by atomic mass is 9.87. The Hall–Kier alpha value is -1.37. The molecule has 1 heteroatoms. The largest absolute Gasteiger partial charge is 0.295 e. The average Bonchev–Trinajstić information content (AvgIpc) is 2.24. The molecule has 1 aromatic carbocycles. The molecule has 0 spiro atoms. The molecule has 0 aromatic heterocycles. The molecule has 2 rings (SSSR count). The van der Waals surface area contributed by atoms with Crippen molar-refractivity contribution >= 4 is 5.78 Å². The molecule has 0 saturated carbocycles. The van der Waals surface area contributed by atoms with Crippen molar-refractivity contribution in [2.75, 3.05) is 0 Å². The van der Waals surface area contributed by atoms with Crippen LogP contribution in [0.5, 0.6) is 0 Å². The predicted molar refractivity (Wildman–Crippen MR) is 66.4 cm³/mol. The van der Waals surface area contributed by atoms with Crippen LogP contribution in [-0.2, 0) is 11.2 Å². The molecule has 0 unspecified atom stereocenters. The molecule has 0 saturated heterocycles. The normalized spacial score (nSPS) is 16.8. The second kappa shape index (κ2) is 4.65. The van der Waals surface area contributed by atoms with E-state index in [1.54, 1.807) is 0 Å². The molecule has 0 aliphatic heterocycles. The average molecular weight is 214 g/mol. The van der Waals surface area contributed by atoms with Gasteiger partial charge in [-0.3, -0.25) is 4.79 Å². The van der Waals surface area contributed by atoms with E-state index in [2.05, 4.69) is 38.1 Å². The molecule has 1 aromatic rings. The highest BCUT2D eigenvalue weighted by atomic mass is 16.1. The number of aryl methyl sites for hydroxylation is 1. The Kier molecular flexibility index (Phi) is 3.23. The number of ketones is 1. The molecular weight excluding hydrogens is 196 g/mol. The van der Waals surface area contributed by atoms with Crippen LogP contribution in [0.4, 0.5) is 0 Å². The number of benzene rings is 1. The van der Waals surface area contributed by atoms with Gasteiger partial charge in [0.2, 0.25) is 0 Å².